The number of Topliss-reactive ketones (excluding diaryl/α,β-unsaturated/α-hetero) is 1. The molecule has 0 spiro atoms. The Labute approximate surface area is 79.3 Å². The summed E-state index contributed by atoms with van der Waals surface area (Å²) in [6.45, 7) is 0. The van der Waals surface area contributed by atoms with E-state index < -0.39 is 11.3 Å². The summed E-state index contributed by atoms with van der Waals surface area (Å²) >= 11 is 5.18. The Balaban J connectivity index is 2.44. The van der Waals surface area contributed by atoms with E-state index >= 15 is 0 Å². The van der Waals surface area contributed by atoms with Gasteiger partial charge in [0.1, 0.15) is 5.75 Å². The Bertz CT molecular complexity index is 386. The van der Waals surface area contributed by atoms with E-state index in [1.807, 2.05) is 0 Å². The van der Waals surface area contributed by atoms with Crippen LogP contribution in [0.1, 0.15) is 10.4 Å². The van der Waals surface area contributed by atoms with Gasteiger partial charge >= 0.3 is 0 Å². The largest absolute Gasteiger partial charge is 0.472 e. The third-order valence-electron chi connectivity index (χ3n) is 1.84. The van der Waals surface area contributed by atoms with E-state index in [0.717, 1.165) is 0 Å². The molecule has 0 aliphatic carbocycles. The highest BCUT2D eigenvalue weighted by atomic mass is 35.5. The first-order valence-corrected chi connectivity index (χ1v) is 4.07. The number of carbonyl (C=O) groups is 2. The van der Waals surface area contributed by atoms with Crippen LogP contribution in [-0.4, -0.2) is 17.1 Å². The Morgan fingerprint density at radius 1 is 1.38 bits per heavy atom. The number of carbonyl (C=O) groups excluding carboxylic acids is 2. The fourth-order valence-electron chi connectivity index (χ4n) is 1.24. The lowest BCUT2D eigenvalue weighted by atomic mass is 10.1. The monoisotopic (exact) mass is 196 g/mol. The molecule has 4 heteroatoms. The zero-order chi connectivity index (χ0) is 9.42. The number of hydrogen-bond donors (Lipinski definition) is 0. The van der Waals surface area contributed by atoms with Gasteiger partial charge in [-0.2, -0.15) is 0 Å². The maximum absolute atomic E-state index is 11.4. The van der Waals surface area contributed by atoms with Crippen molar-refractivity contribution in [2.24, 2.45) is 0 Å². The summed E-state index contributed by atoms with van der Waals surface area (Å²) in [4.78, 5) is 22.2. The summed E-state index contributed by atoms with van der Waals surface area (Å²) in [6, 6.07) is 6.68. The van der Waals surface area contributed by atoms with Crippen LogP contribution >= 0.6 is 11.6 Å². The van der Waals surface area contributed by atoms with Crippen molar-refractivity contribution in [1.29, 1.82) is 0 Å². The van der Waals surface area contributed by atoms with Crippen molar-refractivity contribution < 1.29 is 14.3 Å². The number of ether oxygens (including phenoxy) is 1. The normalized spacial score (nSPS) is 19.5. The minimum atomic E-state index is -1.15. The molecule has 1 unspecified atom stereocenters. The maximum atomic E-state index is 11.4. The predicted octanol–water partition coefficient (Wildman–Crippen LogP) is 1.40. The Morgan fingerprint density at radius 2 is 2.08 bits per heavy atom. The molecule has 1 aromatic carbocycles. The van der Waals surface area contributed by atoms with Crippen molar-refractivity contribution in [3.8, 4) is 5.75 Å². The van der Waals surface area contributed by atoms with Crippen molar-refractivity contribution in [1.82, 2.24) is 0 Å². The van der Waals surface area contributed by atoms with Gasteiger partial charge in [0.2, 0.25) is 11.9 Å². The van der Waals surface area contributed by atoms with Gasteiger partial charge in [0.15, 0.2) is 0 Å². The lowest BCUT2D eigenvalue weighted by Gasteiger charge is -2.01. The third kappa shape index (κ3) is 1.21. The number of para-hydroxylation sites is 1. The fraction of sp³-hybridized carbons (Fsp3) is 0.111. The highest BCUT2D eigenvalue weighted by Gasteiger charge is 2.36. The van der Waals surface area contributed by atoms with E-state index in [1.54, 1.807) is 24.3 Å². The Morgan fingerprint density at radius 3 is 2.69 bits per heavy atom. The van der Waals surface area contributed by atoms with Gasteiger partial charge in [-0.25, -0.2) is 0 Å². The zero-order valence-corrected chi connectivity index (χ0v) is 7.25. The average molecular weight is 197 g/mol. The zero-order valence-electron chi connectivity index (χ0n) is 6.49. The molecule has 0 bridgehead atoms. The van der Waals surface area contributed by atoms with Crippen molar-refractivity contribution in [3.63, 3.8) is 0 Å². The first kappa shape index (κ1) is 8.26. The number of rotatable bonds is 1. The van der Waals surface area contributed by atoms with Gasteiger partial charge in [-0.15, -0.1) is 0 Å². The SMILES string of the molecule is O=C(Cl)C1Oc2ccccc2C1=O. The van der Waals surface area contributed by atoms with Gasteiger partial charge in [-0.3, -0.25) is 9.59 Å². The van der Waals surface area contributed by atoms with Crippen LogP contribution in [0.4, 0.5) is 0 Å². The lowest BCUT2D eigenvalue weighted by molar-refractivity contribution is -0.115. The minimum Gasteiger partial charge on any atom is -0.472 e. The van der Waals surface area contributed by atoms with Crippen LogP contribution in [-0.2, 0) is 4.79 Å². The summed E-state index contributed by atoms with van der Waals surface area (Å²) in [5.41, 5.74) is 0.418. The van der Waals surface area contributed by atoms with Crippen molar-refractivity contribution in [3.05, 3.63) is 29.8 Å². The molecule has 0 saturated heterocycles. The molecular formula is C9H5ClO3. The van der Waals surface area contributed by atoms with Gasteiger partial charge < -0.3 is 4.74 Å². The second kappa shape index (κ2) is 2.85. The van der Waals surface area contributed by atoms with Gasteiger partial charge in [0, 0.05) is 0 Å². The molecule has 13 heavy (non-hydrogen) atoms. The van der Waals surface area contributed by atoms with Crippen molar-refractivity contribution >= 4 is 22.6 Å². The summed E-state index contributed by atoms with van der Waals surface area (Å²) in [6.07, 6.45) is -1.15. The van der Waals surface area contributed by atoms with Crippen molar-refractivity contribution in [2.45, 2.75) is 6.10 Å². The molecule has 0 amide bonds. The van der Waals surface area contributed by atoms with Gasteiger partial charge in [-0.1, -0.05) is 12.1 Å². The average Bonchev–Trinajstić information content (AvgIpc) is 2.45. The molecule has 0 aromatic heterocycles. The van der Waals surface area contributed by atoms with Crippen LogP contribution in [0.15, 0.2) is 24.3 Å². The second-order valence-electron chi connectivity index (χ2n) is 2.66. The topological polar surface area (TPSA) is 43.4 Å². The summed E-state index contributed by atoms with van der Waals surface area (Å²) < 4.78 is 5.05. The van der Waals surface area contributed by atoms with Crippen LogP contribution in [0.25, 0.3) is 0 Å². The van der Waals surface area contributed by atoms with E-state index in [2.05, 4.69) is 0 Å². The number of halogens is 1. The molecule has 3 nitrogen and oxygen atoms in total. The Hall–Kier alpha value is -1.35. The van der Waals surface area contributed by atoms with E-state index in [0.29, 0.717) is 11.3 Å². The maximum Gasteiger partial charge on any atom is 0.270 e. The number of ketones is 1. The Kier molecular flexibility index (Phi) is 1.81. The second-order valence-corrected chi connectivity index (χ2v) is 3.03. The molecule has 0 radical (unpaired) electrons. The number of benzene rings is 1. The third-order valence-corrected chi connectivity index (χ3v) is 2.04. The smallest absolute Gasteiger partial charge is 0.270 e. The molecular weight excluding hydrogens is 192 g/mol. The molecule has 1 aromatic rings. The van der Waals surface area contributed by atoms with Crippen LogP contribution in [0, 0.1) is 0 Å². The molecule has 0 fully saturated rings. The minimum absolute atomic E-state index is 0.365. The molecule has 1 aliphatic rings. The first-order valence-electron chi connectivity index (χ1n) is 3.69. The number of hydrogen-bond acceptors (Lipinski definition) is 3. The van der Waals surface area contributed by atoms with E-state index in [1.165, 1.54) is 0 Å². The summed E-state index contributed by atoms with van der Waals surface area (Å²) in [5, 5.41) is -0.777. The number of fused-ring (bicyclic) bond motifs is 1. The quantitative estimate of drug-likeness (QED) is 0.504. The van der Waals surface area contributed by atoms with Crippen LogP contribution in [0.5, 0.6) is 5.75 Å². The highest BCUT2D eigenvalue weighted by Crippen LogP contribution is 2.28. The van der Waals surface area contributed by atoms with E-state index in [9.17, 15) is 9.59 Å². The predicted molar refractivity (Wildman–Crippen MR) is 46.0 cm³/mol. The first-order chi connectivity index (χ1) is 6.20. The van der Waals surface area contributed by atoms with E-state index in [-0.39, 0.29) is 5.78 Å². The van der Waals surface area contributed by atoms with Gasteiger partial charge in [0.25, 0.3) is 5.24 Å². The molecule has 1 heterocycles. The van der Waals surface area contributed by atoms with E-state index in [4.69, 9.17) is 16.3 Å². The van der Waals surface area contributed by atoms with Crippen LogP contribution in [0.3, 0.4) is 0 Å². The van der Waals surface area contributed by atoms with Gasteiger partial charge in [0.05, 0.1) is 5.56 Å². The van der Waals surface area contributed by atoms with Gasteiger partial charge in [-0.05, 0) is 23.7 Å². The van der Waals surface area contributed by atoms with Crippen LogP contribution in [0.2, 0.25) is 0 Å². The fourth-order valence-corrected chi connectivity index (χ4v) is 1.39. The molecule has 1 atom stereocenters. The molecule has 0 N–H and O–H groups in total. The van der Waals surface area contributed by atoms with Crippen LogP contribution < -0.4 is 4.74 Å². The summed E-state index contributed by atoms with van der Waals surface area (Å²) in [5.74, 6) is 0.0575. The standard InChI is InChI=1S/C9H5ClO3/c10-9(12)8-7(11)5-3-1-2-4-6(5)13-8/h1-4,8H. The molecule has 0 saturated carbocycles. The molecule has 2 rings (SSSR count). The highest BCUT2D eigenvalue weighted by molar-refractivity contribution is 6.67. The summed E-state index contributed by atoms with van der Waals surface area (Å²) in [7, 11) is 0. The molecule has 1 aliphatic heterocycles. The molecule has 66 valence electrons. The lowest BCUT2D eigenvalue weighted by Crippen LogP contribution is -2.26. The van der Waals surface area contributed by atoms with Crippen molar-refractivity contribution in [2.75, 3.05) is 0 Å².